The number of rotatable bonds is 6. The minimum atomic E-state index is -0.610. The molecule has 0 fully saturated rings. The predicted octanol–water partition coefficient (Wildman–Crippen LogP) is 2.61. The summed E-state index contributed by atoms with van der Waals surface area (Å²) in [6, 6.07) is 4.16. The molecule has 7 nitrogen and oxygen atoms in total. The number of esters is 1. The van der Waals surface area contributed by atoms with Crippen molar-refractivity contribution < 1.29 is 19.2 Å². The number of hydrogen-bond donors (Lipinski definition) is 1. The first-order chi connectivity index (χ1) is 9.74. The van der Waals surface area contributed by atoms with Crippen molar-refractivity contribution >= 4 is 17.3 Å². The number of carbonyl (C=O) groups is 1. The number of nitro benzene ring substituents is 1. The zero-order chi connectivity index (χ0) is 16.0. The second-order valence-electron chi connectivity index (χ2n) is 5.37. The van der Waals surface area contributed by atoms with E-state index in [1.165, 1.54) is 25.3 Å². The molecule has 0 bridgehead atoms. The largest absolute Gasteiger partial charge is 0.465 e. The van der Waals surface area contributed by atoms with Crippen molar-refractivity contribution in [3.8, 4) is 0 Å². The highest BCUT2D eigenvalue weighted by Crippen LogP contribution is 2.25. The Bertz CT molecular complexity index is 523. The van der Waals surface area contributed by atoms with Gasteiger partial charge in [0, 0.05) is 12.6 Å². The van der Waals surface area contributed by atoms with Crippen LogP contribution in [-0.4, -0.2) is 36.8 Å². The number of nitrogens with one attached hydrogen (secondary N) is 1. The summed E-state index contributed by atoms with van der Waals surface area (Å²) in [7, 11) is 1.23. The number of nitrogens with zero attached hydrogens (tertiary/aromatic N) is 1. The summed E-state index contributed by atoms with van der Waals surface area (Å²) in [6.07, 6.45) is 0. The number of nitro groups is 1. The zero-order valence-corrected chi connectivity index (χ0v) is 12.6. The van der Waals surface area contributed by atoms with Gasteiger partial charge in [0.15, 0.2) is 0 Å². The van der Waals surface area contributed by atoms with Gasteiger partial charge < -0.3 is 14.8 Å². The van der Waals surface area contributed by atoms with Gasteiger partial charge in [-0.05, 0) is 32.9 Å². The van der Waals surface area contributed by atoms with Crippen LogP contribution in [0.2, 0.25) is 0 Å². The van der Waals surface area contributed by atoms with Crippen molar-refractivity contribution in [3.63, 3.8) is 0 Å². The molecule has 0 unspecified atom stereocenters. The van der Waals surface area contributed by atoms with E-state index in [1.54, 1.807) is 0 Å². The molecule has 0 atom stereocenters. The van der Waals surface area contributed by atoms with Crippen LogP contribution < -0.4 is 5.32 Å². The Morgan fingerprint density at radius 3 is 2.57 bits per heavy atom. The maximum absolute atomic E-state index is 11.4. The molecule has 116 valence electrons. The van der Waals surface area contributed by atoms with Crippen LogP contribution in [0.15, 0.2) is 18.2 Å². The Kier molecular flexibility index (Phi) is 5.66. The first-order valence-corrected chi connectivity index (χ1v) is 6.49. The number of hydrogen-bond acceptors (Lipinski definition) is 6. The van der Waals surface area contributed by atoms with Crippen LogP contribution >= 0.6 is 0 Å². The lowest BCUT2D eigenvalue weighted by atomic mass is 10.1. The van der Waals surface area contributed by atoms with E-state index < -0.39 is 10.9 Å². The van der Waals surface area contributed by atoms with E-state index in [2.05, 4.69) is 10.1 Å². The number of carbonyl (C=O) groups excluding carboxylic acids is 1. The summed E-state index contributed by atoms with van der Waals surface area (Å²) in [5.41, 5.74) is 0.0436. The van der Waals surface area contributed by atoms with Crippen LogP contribution in [0.25, 0.3) is 0 Å². The molecule has 1 aromatic carbocycles. The number of methoxy groups -OCH3 is 1. The van der Waals surface area contributed by atoms with E-state index in [0.29, 0.717) is 18.8 Å². The Hall–Kier alpha value is -2.15. The highest BCUT2D eigenvalue weighted by Gasteiger charge is 2.18. The van der Waals surface area contributed by atoms with Crippen LogP contribution in [0.1, 0.15) is 31.1 Å². The van der Waals surface area contributed by atoms with Gasteiger partial charge in [0.25, 0.3) is 5.69 Å². The van der Waals surface area contributed by atoms with E-state index in [9.17, 15) is 14.9 Å². The van der Waals surface area contributed by atoms with Crippen LogP contribution in [0.4, 0.5) is 11.4 Å². The van der Waals surface area contributed by atoms with Crippen molar-refractivity contribution in [1.29, 1.82) is 0 Å². The van der Waals surface area contributed by atoms with E-state index in [0.717, 1.165) is 0 Å². The highest BCUT2D eigenvalue weighted by atomic mass is 16.6. The van der Waals surface area contributed by atoms with Crippen LogP contribution in [0.5, 0.6) is 0 Å². The summed E-state index contributed by atoms with van der Waals surface area (Å²) < 4.78 is 10.1. The second-order valence-corrected chi connectivity index (χ2v) is 5.37. The monoisotopic (exact) mass is 296 g/mol. The number of anilines is 1. The Balaban J connectivity index is 2.78. The highest BCUT2D eigenvalue weighted by molar-refractivity contribution is 5.91. The lowest BCUT2D eigenvalue weighted by Crippen LogP contribution is -2.23. The zero-order valence-electron chi connectivity index (χ0n) is 12.6. The lowest BCUT2D eigenvalue weighted by molar-refractivity contribution is -0.384. The maximum atomic E-state index is 11.4. The number of ether oxygens (including phenoxy) is 2. The summed E-state index contributed by atoms with van der Waals surface area (Å²) in [4.78, 5) is 21.9. The SMILES string of the molecule is COC(=O)c1ccc(NCCOC(C)(C)C)c([N+](=O)[O-])c1. The van der Waals surface area contributed by atoms with Crippen LogP contribution in [0.3, 0.4) is 0 Å². The third kappa shape index (κ3) is 5.39. The van der Waals surface area contributed by atoms with Gasteiger partial charge in [-0.15, -0.1) is 0 Å². The molecule has 0 spiro atoms. The molecule has 1 rings (SSSR count). The first kappa shape index (κ1) is 16.9. The fourth-order valence-electron chi connectivity index (χ4n) is 1.62. The molecule has 0 aliphatic heterocycles. The van der Waals surface area contributed by atoms with Gasteiger partial charge in [-0.3, -0.25) is 10.1 Å². The molecule has 0 aromatic heterocycles. The van der Waals surface area contributed by atoms with Gasteiger partial charge in [0.1, 0.15) is 5.69 Å². The fraction of sp³-hybridized carbons (Fsp3) is 0.500. The van der Waals surface area contributed by atoms with Crippen molar-refractivity contribution in [1.82, 2.24) is 0 Å². The lowest BCUT2D eigenvalue weighted by Gasteiger charge is -2.19. The molecule has 0 radical (unpaired) electrons. The average molecular weight is 296 g/mol. The van der Waals surface area contributed by atoms with E-state index in [-0.39, 0.29) is 16.9 Å². The molecular formula is C14H20N2O5. The minimum absolute atomic E-state index is 0.140. The van der Waals surface area contributed by atoms with Gasteiger partial charge in [0.05, 0.1) is 29.8 Å². The topological polar surface area (TPSA) is 90.7 Å². The van der Waals surface area contributed by atoms with Crippen molar-refractivity contribution in [2.45, 2.75) is 26.4 Å². The quantitative estimate of drug-likeness (QED) is 0.375. The smallest absolute Gasteiger partial charge is 0.338 e. The number of benzene rings is 1. The molecule has 1 aromatic rings. The summed E-state index contributed by atoms with van der Waals surface area (Å²) >= 11 is 0. The standard InChI is InChI=1S/C14H20N2O5/c1-14(2,3)21-8-7-15-11-6-5-10(13(17)20-4)9-12(11)16(18)19/h5-6,9,15H,7-8H2,1-4H3. The molecule has 1 N–H and O–H groups in total. The Morgan fingerprint density at radius 1 is 1.38 bits per heavy atom. The van der Waals surface area contributed by atoms with E-state index in [1.807, 2.05) is 20.8 Å². The average Bonchev–Trinajstić information content (AvgIpc) is 2.41. The van der Waals surface area contributed by atoms with Gasteiger partial charge in [0.2, 0.25) is 0 Å². The third-order valence-electron chi connectivity index (χ3n) is 2.57. The predicted molar refractivity (Wildman–Crippen MR) is 78.6 cm³/mol. The van der Waals surface area contributed by atoms with Gasteiger partial charge in [-0.2, -0.15) is 0 Å². The van der Waals surface area contributed by atoms with Crippen LogP contribution in [-0.2, 0) is 9.47 Å². The Labute approximate surface area is 123 Å². The second kappa shape index (κ2) is 7.03. The van der Waals surface area contributed by atoms with Crippen molar-refractivity contribution in [2.24, 2.45) is 0 Å². The maximum Gasteiger partial charge on any atom is 0.338 e. The summed E-state index contributed by atoms with van der Waals surface area (Å²) in [5.74, 6) is -0.610. The summed E-state index contributed by atoms with van der Waals surface area (Å²) in [5, 5.41) is 14.0. The Morgan fingerprint density at radius 2 is 2.05 bits per heavy atom. The fourth-order valence-corrected chi connectivity index (χ4v) is 1.62. The third-order valence-corrected chi connectivity index (χ3v) is 2.57. The summed E-state index contributed by atoms with van der Waals surface area (Å²) in [6.45, 7) is 6.64. The molecule has 0 amide bonds. The van der Waals surface area contributed by atoms with Crippen molar-refractivity contribution in [2.75, 3.05) is 25.6 Å². The van der Waals surface area contributed by atoms with E-state index in [4.69, 9.17) is 4.74 Å². The molecule has 0 aliphatic rings. The molecule has 0 heterocycles. The van der Waals surface area contributed by atoms with E-state index >= 15 is 0 Å². The minimum Gasteiger partial charge on any atom is -0.465 e. The van der Waals surface area contributed by atoms with Crippen molar-refractivity contribution in [3.05, 3.63) is 33.9 Å². The van der Waals surface area contributed by atoms with Gasteiger partial charge >= 0.3 is 5.97 Å². The molecule has 7 heteroatoms. The molecule has 0 saturated carbocycles. The van der Waals surface area contributed by atoms with Gasteiger partial charge in [-0.1, -0.05) is 0 Å². The molecule has 0 saturated heterocycles. The molecular weight excluding hydrogens is 276 g/mol. The first-order valence-electron chi connectivity index (χ1n) is 6.49. The van der Waals surface area contributed by atoms with Crippen LogP contribution in [0, 0.1) is 10.1 Å². The normalized spacial score (nSPS) is 11.0. The molecule has 0 aliphatic carbocycles. The van der Waals surface area contributed by atoms with Gasteiger partial charge in [-0.25, -0.2) is 4.79 Å². The molecule has 21 heavy (non-hydrogen) atoms.